The van der Waals surface area contributed by atoms with Gasteiger partial charge in [0.15, 0.2) is 0 Å². The van der Waals surface area contributed by atoms with Crippen molar-refractivity contribution in [2.75, 3.05) is 19.1 Å². The van der Waals surface area contributed by atoms with Gasteiger partial charge in [-0.1, -0.05) is 84.9 Å². The van der Waals surface area contributed by atoms with Gasteiger partial charge in [-0.05, 0) is 41.5 Å². The number of carbonyl (C=O) groups excluding carboxylic acids is 3. The normalized spacial score (nSPS) is 21.1. The molecule has 3 aromatic carbocycles. The largest absolute Gasteiger partial charge is 0.458 e. The molecule has 14 nitrogen and oxygen atoms in total. The molecule has 3 aromatic rings. The number of sulfone groups is 1. The van der Waals surface area contributed by atoms with Gasteiger partial charge in [-0.2, -0.15) is 0 Å². The summed E-state index contributed by atoms with van der Waals surface area (Å²) in [4.78, 5) is 42.4. The van der Waals surface area contributed by atoms with E-state index in [4.69, 9.17) is 23.7 Å². The highest BCUT2D eigenvalue weighted by Crippen LogP contribution is 2.26. The molecule has 0 amide bonds. The summed E-state index contributed by atoms with van der Waals surface area (Å²) in [6.07, 6.45) is 4.95. The summed E-state index contributed by atoms with van der Waals surface area (Å²) < 4.78 is 49.3. The van der Waals surface area contributed by atoms with Gasteiger partial charge < -0.3 is 28.8 Å². The Morgan fingerprint density at radius 1 is 0.630 bits per heavy atom. The van der Waals surface area contributed by atoms with Crippen LogP contribution in [0.4, 0.5) is 0 Å². The molecular formula is C39H45NO13S. The molecule has 0 bridgehead atoms. The first kappa shape index (κ1) is 43.2. The number of nitro groups is 1. The zero-order valence-electron chi connectivity index (χ0n) is 30.2. The molecule has 0 aromatic heterocycles. The van der Waals surface area contributed by atoms with E-state index >= 15 is 0 Å². The molecule has 2 aliphatic rings. The average molecular weight is 768 g/mol. The van der Waals surface area contributed by atoms with E-state index in [1.54, 1.807) is 30.4 Å². The lowest BCUT2D eigenvalue weighted by atomic mass is 10.0. The molecule has 1 unspecified atom stereocenters. The van der Waals surface area contributed by atoms with E-state index in [1.165, 1.54) is 45.0 Å². The first-order valence-corrected chi connectivity index (χ1v) is 18.6. The maximum Gasteiger partial charge on any atom is 0.305 e. The second-order valence-corrected chi connectivity index (χ2v) is 14.2. The molecular weight excluding hydrogens is 722 g/mol. The van der Waals surface area contributed by atoms with E-state index in [-0.39, 0.29) is 34.6 Å². The van der Waals surface area contributed by atoms with Crippen molar-refractivity contribution in [3.8, 4) is 0 Å². The van der Waals surface area contributed by atoms with E-state index in [9.17, 15) is 38.0 Å². The van der Waals surface area contributed by atoms with Crippen molar-refractivity contribution in [2.24, 2.45) is 11.8 Å². The number of benzene rings is 3. The van der Waals surface area contributed by atoms with Crippen molar-refractivity contribution in [3.63, 3.8) is 0 Å². The number of ether oxygens (including phenoxy) is 5. The van der Waals surface area contributed by atoms with Crippen molar-refractivity contribution >= 4 is 27.7 Å². The maximum absolute atomic E-state index is 11.2. The second-order valence-electron chi connectivity index (χ2n) is 12.2. The van der Waals surface area contributed by atoms with Crippen LogP contribution in [0.15, 0.2) is 120 Å². The predicted molar refractivity (Wildman–Crippen MR) is 196 cm³/mol. The van der Waals surface area contributed by atoms with E-state index in [0.29, 0.717) is 26.4 Å². The molecule has 0 saturated carbocycles. The summed E-state index contributed by atoms with van der Waals surface area (Å²) in [6.45, 7) is 5.69. The van der Waals surface area contributed by atoms with Gasteiger partial charge in [0.2, 0.25) is 9.84 Å². The number of nitrogens with zero attached hydrogens (tertiary/aromatic N) is 1. The molecule has 0 fully saturated rings. The highest BCUT2D eigenvalue weighted by atomic mass is 32.2. The lowest BCUT2D eigenvalue weighted by Gasteiger charge is -2.24. The van der Waals surface area contributed by atoms with Crippen molar-refractivity contribution in [1.82, 2.24) is 0 Å². The third kappa shape index (κ3) is 15.4. The van der Waals surface area contributed by atoms with Crippen molar-refractivity contribution < 1.29 is 56.5 Å². The molecule has 5 rings (SSSR count). The standard InChI is InChI=1S/C17H20O5.C15H18O4.C7H7NO4S/c1-12(18)21-16-8-9-17(22-13(2)19)15(16)11-20-10-14-6-4-3-5-7-14;1-11(16)19-15-8-7-14(17)13(15)10-18-9-12-5-3-2-4-6-12;9-8(10)6-13(11,12)7-4-2-1-3-5-7/h3-9,15-17H,10-11H2,1-2H3;2-8,13-15,17H,9-10H2,1H3;1-5H,6H2/t15?,16-,17+;13-,14+,15-;/m.0./s1. The highest BCUT2D eigenvalue weighted by Gasteiger charge is 2.36. The van der Waals surface area contributed by atoms with E-state index in [1.807, 2.05) is 60.7 Å². The van der Waals surface area contributed by atoms with Gasteiger partial charge in [0.1, 0.15) is 18.3 Å². The molecule has 6 atom stereocenters. The van der Waals surface area contributed by atoms with Gasteiger partial charge in [0.05, 0.1) is 49.3 Å². The fourth-order valence-electron chi connectivity index (χ4n) is 5.35. The average Bonchev–Trinajstić information content (AvgIpc) is 3.66. The Kier molecular flexibility index (Phi) is 17.7. The van der Waals surface area contributed by atoms with Crippen LogP contribution in [0.3, 0.4) is 0 Å². The number of rotatable bonds is 14. The van der Waals surface area contributed by atoms with E-state index in [0.717, 1.165) is 11.1 Å². The van der Waals surface area contributed by atoms with Crippen LogP contribution in [0.5, 0.6) is 0 Å². The minimum absolute atomic E-state index is 0.0216. The smallest absolute Gasteiger partial charge is 0.305 e. The van der Waals surface area contributed by atoms with Crippen LogP contribution >= 0.6 is 0 Å². The van der Waals surface area contributed by atoms with Gasteiger partial charge in [-0.15, -0.1) is 0 Å². The molecule has 0 aliphatic heterocycles. The van der Waals surface area contributed by atoms with Gasteiger partial charge in [-0.3, -0.25) is 24.5 Å². The Hall–Kier alpha value is -5.22. The van der Waals surface area contributed by atoms with Crippen LogP contribution in [0, 0.1) is 22.0 Å². The minimum atomic E-state index is -3.76. The first-order chi connectivity index (χ1) is 25.7. The van der Waals surface area contributed by atoms with E-state index < -0.39 is 45.1 Å². The molecule has 0 saturated heterocycles. The zero-order chi connectivity index (χ0) is 39.5. The lowest BCUT2D eigenvalue weighted by molar-refractivity contribution is -0.458. The summed E-state index contributed by atoms with van der Waals surface area (Å²) >= 11 is 0. The third-order valence-electron chi connectivity index (χ3n) is 7.82. The van der Waals surface area contributed by atoms with Crippen LogP contribution in [-0.4, -0.2) is 79.9 Å². The predicted octanol–water partition coefficient (Wildman–Crippen LogP) is 4.63. The number of aliphatic hydroxyl groups is 1. The van der Waals surface area contributed by atoms with Crippen molar-refractivity contribution in [1.29, 1.82) is 0 Å². The number of hydrogen-bond acceptors (Lipinski definition) is 13. The molecule has 2 aliphatic carbocycles. The monoisotopic (exact) mass is 767 g/mol. The summed E-state index contributed by atoms with van der Waals surface area (Å²) in [7, 11) is -3.76. The van der Waals surface area contributed by atoms with Gasteiger partial charge in [0.25, 0.3) is 0 Å². The summed E-state index contributed by atoms with van der Waals surface area (Å²) in [5.74, 6) is -2.60. The topological polar surface area (TPSA) is 195 Å². The summed E-state index contributed by atoms with van der Waals surface area (Å²) in [5, 5.41) is 19.8. The molecule has 1 N–H and O–H groups in total. The number of carbonyl (C=O) groups is 3. The van der Waals surface area contributed by atoms with Crippen molar-refractivity contribution in [3.05, 3.63) is 137 Å². The fourth-order valence-corrected chi connectivity index (χ4v) is 6.35. The first-order valence-electron chi connectivity index (χ1n) is 16.9. The SMILES string of the molecule is CC(=O)O[C@H]1C=C[C@@H](O)[C@@H]1COCc1ccccc1.CC(=O)O[C@H]1C=C[C@@H](OC(C)=O)C1COCc1ccccc1.O=[N+]([O-])CS(=O)(=O)c1ccccc1. The van der Waals surface area contributed by atoms with Crippen molar-refractivity contribution in [2.45, 2.75) is 63.3 Å². The Labute approximate surface area is 314 Å². The maximum atomic E-state index is 11.2. The summed E-state index contributed by atoms with van der Waals surface area (Å²) in [6, 6.07) is 26.9. The molecule has 54 heavy (non-hydrogen) atoms. The summed E-state index contributed by atoms with van der Waals surface area (Å²) in [5.41, 5.74) is 2.13. The third-order valence-corrected chi connectivity index (χ3v) is 9.36. The Morgan fingerprint density at radius 2 is 1.00 bits per heavy atom. The number of aliphatic hydroxyl groups excluding tert-OH is 1. The highest BCUT2D eigenvalue weighted by molar-refractivity contribution is 7.91. The van der Waals surface area contributed by atoms with Crippen LogP contribution in [0.25, 0.3) is 0 Å². The Balaban J connectivity index is 0.000000225. The molecule has 290 valence electrons. The van der Waals surface area contributed by atoms with Crippen LogP contribution in [-0.2, 0) is 61.1 Å². The number of esters is 3. The lowest BCUT2D eigenvalue weighted by Crippen LogP contribution is -2.34. The van der Waals surface area contributed by atoms with E-state index in [2.05, 4.69) is 0 Å². The van der Waals surface area contributed by atoms with Gasteiger partial charge in [-0.25, -0.2) is 8.42 Å². The quantitative estimate of drug-likeness (QED) is 0.0785. The van der Waals surface area contributed by atoms with Crippen LogP contribution in [0.1, 0.15) is 31.9 Å². The molecule has 0 heterocycles. The van der Waals surface area contributed by atoms with Crippen LogP contribution < -0.4 is 0 Å². The second kappa shape index (κ2) is 22.1. The van der Waals surface area contributed by atoms with Gasteiger partial charge in [0, 0.05) is 25.7 Å². The molecule has 0 spiro atoms. The molecule has 15 heteroatoms. The fraction of sp³-hybridized carbons (Fsp3) is 0.359. The van der Waals surface area contributed by atoms with Crippen LogP contribution in [0.2, 0.25) is 0 Å². The minimum Gasteiger partial charge on any atom is -0.458 e. The molecule has 0 radical (unpaired) electrons. The number of hydrogen-bond donors (Lipinski definition) is 1. The zero-order valence-corrected chi connectivity index (χ0v) is 31.0. The Morgan fingerprint density at radius 3 is 1.41 bits per heavy atom. The van der Waals surface area contributed by atoms with Gasteiger partial charge >= 0.3 is 23.8 Å². The Bertz CT molecular complexity index is 1780.